The molecule has 3 nitrogen and oxygen atoms in total. The Balaban J connectivity index is 1.75. The molecule has 1 saturated carbocycles. The third kappa shape index (κ3) is 1.79. The highest BCUT2D eigenvalue weighted by Gasteiger charge is 2.23. The Morgan fingerprint density at radius 2 is 2.47 bits per heavy atom. The molecule has 3 rings (SSSR count). The average Bonchev–Trinajstić information content (AvgIpc) is 2.81. The second-order valence-electron chi connectivity index (χ2n) is 4.36. The fraction of sp³-hybridized carbons (Fsp3) is 0.545. The molecule has 0 spiro atoms. The Labute approximate surface area is 92.4 Å². The summed E-state index contributed by atoms with van der Waals surface area (Å²) in [5, 5.41) is 11.5. The summed E-state index contributed by atoms with van der Waals surface area (Å²) in [5.74, 6) is 0.629. The molecule has 0 saturated heterocycles. The molecule has 2 aromatic rings. The van der Waals surface area contributed by atoms with E-state index in [0.717, 1.165) is 30.6 Å². The van der Waals surface area contributed by atoms with Crippen LogP contribution in [0.3, 0.4) is 0 Å². The molecule has 0 radical (unpaired) electrons. The van der Waals surface area contributed by atoms with E-state index in [-0.39, 0.29) is 6.10 Å². The molecule has 4 heteroatoms. The Hall–Kier alpha value is -0.870. The Bertz CT molecular complexity index is 433. The van der Waals surface area contributed by atoms with E-state index in [4.69, 9.17) is 0 Å². The van der Waals surface area contributed by atoms with Crippen LogP contribution in [0.1, 0.15) is 25.0 Å². The molecule has 1 aliphatic rings. The van der Waals surface area contributed by atoms with Gasteiger partial charge in [-0.15, -0.1) is 11.3 Å². The zero-order chi connectivity index (χ0) is 10.3. The first kappa shape index (κ1) is 9.36. The van der Waals surface area contributed by atoms with Crippen molar-refractivity contribution in [3.63, 3.8) is 0 Å². The molecule has 0 aliphatic heterocycles. The number of aliphatic hydroxyl groups is 1. The summed E-state index contributed by atoms with van der Waals surface area (Å²) in [6.45, 7) is 0. The van der Waals surface area contributed by atoms with Gasteiger partial charge >= 0.3 is 0 Å². The van der Waals surface area contributed by atoms with E-state index in [1.807, 2.05) is 11.6 Å². The standard InChI is InChI=1S/C11H14N2OS/c14-10-2-1-8(6-10)5-9-7-13-3-4-15-11(13)12-9/h3-4,7-8,10,14H,1-2,5-6H2. The van der Waals surface area contributed by atoms with Gasteiger partial charge in [0.1, 0.15) is 0 Å². The Morgan fingerprint density at radius 1 is 1.53 bits per heavy atom. The minimum atomic E-state index is -0.0706. The summed E-state index contributed by atoms with van der Waals surface area (Å²) in [5.41, 5.74) is 1.17. The SMILES string of the molecule is OC1CCC(Cc2cn3ccsc3n2)C1. The molecule has 15 heavy (non-hydrogen) atoms. The molecule has 2 atom stereocenters. The topological polar surface area (TPSA) is 37.5 Å². The van der Waals surface area contributed by atoms with Crippen molar-refractivity contribution >= 4 is 16.3 Å². The third-order valence-corrected chi connectivity index (χ3v) is 3.93. The molecule has 2 unspecified atom stereocenters. The second kappa shape index (κ2) is 3.61. The molecule has 1 N–H and O–H groups in total. The van der Waals surface area contributed by atoms with Crippen LogP contribution in [-0.2, 0) is 6.42 Å². The molecule has 1 aliphatic carbocycles. The zero-order valence-corrected chi connectivity index (χ0v) is 9.28. The van der Waals surface area contributed by atoms with E-state index < -0.39 is 0 Å². The molecule has 80 valence electrons. The number of nitrogens with zero attached hydrogens (tertiary/aromatic N) is 2. The van der Waals surface area contributed by atoms with Crippen LogP contribution in [0.25, 0.3) is 4.96 Å². The van der Waals surface area contributed by atoms with E-state index in [1.54, 1.807) is 11.3 Å². The van der Waals surface area contributed by atoms with Crippen molar-refractivity contribution in [2.24, 2.45) is 5.92 Å². The van der Waals surface area contributed by atoms with Gasteiger partial charge in [0.25, 0.3) is 0 Å². The van der Waals surface area contributed by atoms with Crippen LogP contribution in [-0.4, -0.2) is 20.6 Å². The fourth-order valence-electron chi connectivity index (χ4n) is 2.40. The molecule has 2 heterocycles. The van der Waals surface area contributed by atoms with Gasteiger partial charge in [-0.3, -0.25) is 4.40 Å². The average molecular weight is 222 g/mol. The van der Waals surface area contributed by atoms with Crippen LogP contribution in [0.15, 0.2) is 17.8 Å². The highest BCUT2D eigenvalue weighted by atomic mass is 32.1. The summed E-state index contributed by atoms with van der Waals surface area (Å²) < 4.78 is 2.07. The van der Waals surface area contributed by atoms with Gasteiger partial charge in [0.2, 0.25) is 0 Å². The molecule has 0 amide bonds. The minimum Gasteiger partial charge on any atom is -0.393 e. The first-order chi connectivity index (χ1) is 7.31. The summed E-state index contributed by atoms with van der Waals surface area (Å²) in [7, 11) is 0. The zero-order valence-electron chi connectivity index (χ0n) is 8.47. The maximum atomic E-state index is 9.45. The fourth-order valence-corrected chi connectivity index (χ4v) is 3.12. The quantitative estimate of drug-likeness (QED) is 0.845. The van der Waals surface area contributed by atoms with Gasteiger partial charge < -0.3 is 5.11 Å². The van der Waals surface area contributed by atoms with E-state index in [0.29, 0.717) is 5.92 Å². The summed E-state index contributed by atoms with van der Waals surface area (Å²) in [4.78, 5) is 5.63. The number of imidazole rings is 1. The molecular weight excluding hydrogens is 208 g/mol. The maximum absolute atomic E-state index is 9.45. The summed E-state index contributed by atoms with van der Waals surface area (Å²) in [6.07, 6.45) is 8.16. The molecule has 0 aromatic carbocycles. The number of fused-ring (bicyclic) bond motifs is 1. The van der Waals surface area contributed by atoms with E-state index in [1.165, 1.54) is 5.69 Å². The number of aliphatic hydroxyl groups excluding tert-OH is 1. The number of rotatable bonds is 2. The Morgan fingerprint density at radius 3 is 3.20 bits per heavy atom. The number of hydrogen-bond donors (Lipinski definition) is 1. The number of thiazole rings is 1. The second-order valence-corrected chi connectivity index (χ2v) is 5.24. The third-order valence-electron chi connectivity index (χ3n) is 3.15. The van der Waals surface area contributed by atoms with Crippen LogP contribution in [0.4, 0.5) is 0 Å². The Kier molecular flexibility index (Phi) is 2.25. The van der Waals surface area contributed by atoms with Gasteiger partial charge in [-0.2, -0.15) is 0 Å². The van der Waals surface area contributed by atoms with Gasteiger partial charge in [-0.05, 0) is 31.6 Å². The highest BCUT2D eigenvalue weighted by Crippen LogP contribution is 2.28. The van der Waals surface area contributed by atoms with Crippen LogP contribution in [0.2, 0.25) is 0 Å². The van der Waals surface area contributed by atoms with Crippen molar-refractivity contribution in [1.82, 2.24) is 9.38 Å². The van der Waals surface area contributed by atoms with Gasteiger partial charge in [-0.25, -0.2) is 4.98 Å². The van der Waals surface area contributed by atoms with Gasteiger partial charge in [0, 0.05) is 17.8 Å². The van der Waals surface area contributed by atoms with Crippen molar-refractivity contribution in [1.29, 1.82) is 0 Å². The normalized spacial score (nSPS) is 26.5. The number of aromatic nitrogens is 2. The predicted molar refractivity (Wildman–Crippen MR) is 60.1 cm³/mol. The summed E-state index contributed by atoms with van der Waals surface area (Å²) >= 11 is 1.67. The van der Waals surface area contributed by atoms with Crippen LogP contribution < -0.4 is 0 Å². The van der Waals surface area contributed by atoms with Crippen molar-refractivity contribution in [3.8, 4) is 0 Å². The van der Waals surface area contributed by atoms with E-state index >= 15 is 0 Å². The van der Waals surface area contributed by atoms with E-state index in [2.05, 4.69) is 15.6 Å². The number of hydrogen-bond acceptors (Lipinski definition) is 3. The molecule has 2 aromatic heterocycles. The van der Waals surface area contributed by atoms with Crippen molar-refractivity contribution in [2.75, 3.05) is 0 Å². The highest BCUT2D eigenvalue weighted by molar-refractivity contribution is 7.15. The lowest BCUT2D eigenvalue weighted by molar-refractivity contribution is 0.177. The summed E-state index contributed by atoms with van der Waals surface area (Å²) in [6, 6.07) is 0. The van der Waals surface area contributed by atoms with Gasteiger partial charge in [-0.1, -0.05) is 0 Å². The minimum absolute atomic E-state index is 0.0706. The van der Waals surface area contributed by atoms with Crippen molar-refractivity contribution in [2.45, 2.75) is 31.8 Å². The van der Waals surface area contributed by atoms with Gasteiger partial charge in [0.15, 0.2) is 4.96 Å². The molecule has 0 bridgehead atoms. The van der Waals surface area contributed by atoms with Crippen LogP contribution in [0.5, 0.6) is 0 Å². The van der Waals surface area contributed by atoms with Gasteiger partial charge in [0.05, 0.1) is 11.8 Å². The maximum Gasteiger partial charge on any atom is 0.193 e. The molecule has 1 fully saturated rings. The lowest BCUT2D eigenvalue weighted by atomic mass is 10.0. The largest absolute Gasteiger partial charge is 0.393 e. The molecular formula is C11H14N2OS. The first-order valence-electron chi connectivity index (χ1n) is 5.40. The lowest BCUT2D eigenvalue weighted by Crippen LogP contribution is -2.03. The van der Waals surface area contributed by atoms with Crippen LogP contribution in [0, 0.1) is 5.92 Å². The van der Waals surface area contributed by atoms with E-state index in [9.17, 15) is 5.11 Å². The lowest BCUT2D eigenvalue weighted by Gasteiger charge is -2.05. The van der Waals surface area contributed by atoms with Crippen molar-refractivity contribution < 1.29 is 5.11 Å². The van der Waals surface area contributed by atoms with Crippen molar-refractivity contribution in [3.05, 3.63) is 23.5 Å². The first-order valence-corrected chi connectivity index (χ1v) is 6.28. The smallest absolute Gasteiger partial charge is 0.193 e. The van der Waals surface area contributed by atoms with Crippen LogP contribution >= 0.6 is 11.3 Å². The predicted octanol–water partition coefficient (Wildman–Crippen LogP) is 2.10. The monoisotopic (exact) mass is 222 g/mol.